The highest BCUT2D eigenvalue weighted by atomic mass is 32.1. The van der Waals surface area contributed by atoms with Crippen molar-refractivity contribution >= 4 is 28.6 Å². The maximum atomic E-state index is 11.1. The van der Waals surface area contributed by atoms with Crippen molar-refractivity contribution in [3.8, 4) is 5.75 Å². The van der Waals surface area contributed by atoms with Gasteiger partial charge in [-0.25, -0.2) is 4.98 Å². The van der Waals surface area contributed by atoms with Crippen LogP contribution in [0.2, 0.25) is 0 Å². The molecule has 19 heavy (non-hydrogen) atoms. The molecule has 1 aromatic carbocycles. The third kappa shape index (κ3) is 3.69. The highest BCUT2D eigenvalue weighted by molar-refractivity contribution is 7.07. The van der Waals surface area contributed by atoms with Gasteiger partial charge >= 0.3 is 0 Å². The largest absolute Gasteiger partial charge is 0.494 e. The summed E-state index contributed by atoms with van der Waals surface area (Å²) in [6.45, 7) is 2.12. The number of rotatable bonds is 5. The summed E-state index contributed by atoms with van der Waals surface area (Å²) in [6.07, 6.45) is 0. The molecule has 0 aliphatic heterocycles. The van der Waals surface area contributed by atoms with Crippen LogP contribution in [0.3, 0.4) is 0 Å². The molecule has 0 unspecified atom stereocenters. The minimum absolute atomic E-state index is 0.124. The molecule has 2 rings (SSSR count). The van der Waals surface area contributed by atoms with Gasteiger partial charge in [0.25, 0.3) is 0 Å². The van der Waals surface area contributed by atoms with Crippen molar-refractivity contribution in [3.05, 3.63) is 34.8 Å². The number of ether oxygens (including phenoxy) is 1. The molecular formula is C13H15N3O2S. The minimum Gasteiger partial charge on any atom is -0.494 e. The Hall–Kier alpha value is -2.08. The van der Waals surface area contributed by atoms with Crippen molar-refractivity contribution in [2.75, 3.05) is 17.7 Å². The van der Waals surface area contributed by atoms with Crippen molar-refractivity contribution in [2.24, 2.45) is 0 Å². The predicted octanol–water partition coefficient (Wildman–Crippen LogP) is 2.72. The number of carbonyl (C=O) groups excluding carboxylic acids is 1. The van der Waals surface area contributed by atoms with Crippen LogP contribution in [0.5, 0.6) is 5.75 Å². The number of methoxy groups -OCH3 is 1. The van der Waals surface area contributed by atoms with Crippen LogP contribution in [-0.2, 0) is 11.3 Å². The smallest absolute Gasteiger partial charge is 0.221 e. The maximum Gasteiger partial charge on any atom is 0.221 e. The molecule has 2 aromatic rings. The van der Waals surface area contributed by atoms with Crippen LogP contribution >= 0.6 is 11.3 Å². The molecule has 0 aliphatic carbocycles. The van der Waals surface area contributed by atoms with E-state index in [1.165, 1.54) is 6.92 Å². The third-order valence-corrected chi connectivity index (χ3v) is 3.10. The first kappa shape index (κ1) is 13.4. The molecular weight excluding hydrogens is 262 g/mol. The number of thiazole rings is 1. The minimum atomic E-state index is -0.124. The number of nitrogens with one attached hydrogen (secondary N) is 2. The van der Waals surface area contributed by atoms with E-state index in [-0.39, 0.29) is 5.91 Å². The van der Waals surface area contributed by atoms with E-state index in [0.717, 1.165) is 11.4 Å². The topological polar surface area (TPSA) is 63.2 Å². The van der Waals surface area contributed by atoms with E-state index >= 15 is 0 Å². The van der Waals surface area contributed by atoms with Crippen LogP contribution in [0.1, 0.15) is 12.6 Å². The summed E-state index contributed by atoms with van der Waals surface area (Å²) in [5.74, 6) is 0.500. The monoisotopic (exact) mass is 277 g/mol. The zero-order chi connectivity index (χ0) is 13.7. The van der Waals surface area contributed by atoms with Crippen molar-refractivity contribution in [3.63, 3.8) is 0 Å². The summed E-state index contributed by atoms with van der Waals surface area (Å²) in [6, 6.07) is 5.54. The van der Waals surface area contributed by atoms with Crippen LogP contribution in [-0.4, -0.2) is 18.0 Å². The number of nitrogens with zero attached hydrogens (tertiary/aromatic N) is 1. The lowest BCUT2D eigenvalue weighted by molar-refractivity contribution is -0.114. The van der Waals surface area contributed by atoms with Gasteiger partial charge in [0.05, 0.1) is 30.5 Å². The quantitative estimate of drug-likeness (QED) is 0.882. The van der Waals surface area contributed by atoms with Gasteiger partial charge in [0, 0.05) is 24.1 Å². The summed E-state index contributed by atoms with van der Waals surface area (Å²) < 4.78 is 5.26. The van der Waals surface area contributed by atoms with Gasteiger partial charge in [0.1, 0.15) is 5.75 Å². The standard InChI is InChI=1S/C13H15N3O2S/c1-9(17)16-12-4-3-10(5-13(12)18-2)14-6-11-7-19-8-15-11/h3-5,7-8,14H,6H2,1-2H3,(H,16,17). The first-order valence-corrected chi connectivity index (χ1v) is 6.70. The Labute approximate surface area is 115 Å². The van der Waals surface area contributed by atoms with Gasteiger partial charge in [-0.3, -0.25) is 4.79 Å². The molecule has 5 nitrogen and oxygen atoms in total. The molecule has 0 bridgehead atoms. The predicted molar refractivity (Wildman–Crippen MR) is 76.7 cm³/mol. The highest BCUT2D eigenvalue weighted by Gasteiger charge is 2.06. The normalized spacial score (nSPS) is 10.0. The maximum absolute atomic E-state index is 11.1. The molecule has 6 heteroatoms. The van der Waals surface area contributed by atoms with Gasteiger partial charge in [-0.15, -0.1) is 11.3 Å². The van der Waals surface area contributed by atoms with E-state index in [1.807, 2.05) is 23.6 Å². The second kappa shape index (κ2) is 6.19. The number of anilines is 2. The number of hydrogen-bond acceptors (Lipinski definition) is 5. The van der Waals surface area contributed by atoms with Crippen LogP contribution in [0.15, 0.2) is 29.1 Å². The zero-order valence-corrected chi connectivity index (χ0v) is 11.6. The SMILES string of the molecule is COc1cc(NCc2cscn2)ccc1NC(C)=O. The molecule has 0 saturated heterocycles. The van der Waals surface area contributed by atoms with Gasteiger partial charge in [-0.2, -0.15) is 0 Å². The number of amides is 1. The Balaban J connectivity index is 2.07. The first-order chi connectivity index (χ1) is 9.19. The molecule has 0 atom stereocenters. The lowest BCUT2D eigenvalue weighted by Gasteiger charge is -2.11. The fourth-order valence-corrected chi connectivity index (χ4v) is 2.17. The first-order valence-electron chi connectivity index (χ1n) is 5.75. The van der Waals surface area contributed by atoms with E-state index in [2.05, 4.69) is 15.6 Å². The van der Waals surface area contributed by atoms with Crippen molar-refractivity contribution < 1.29 is 9.53 Å². The van der Waals surface area contributed by atoms with Gasteiger partial charge in [-0.1, -0.05) is 0 Å². The number of carbonyl (C=O) groups is 1. The van der Waals surface area contributed by atoms with Crippen molar-refractivity contribution in [2.45, 2.75) is 13.5 Å². The van der Waals surface area contributed by atoms with E-state index in [1.54, 1.807) is 24.0 Å². The second-order valence-electron chi connectivity index (χ2n) is 3.93. The van der Waals surface area contributed by atoms with E-state index in [9.17, 15) is 4.79 Å². The number of aromatic nitrogens is 1. The fraction of sp³-hybridized carbons (Fsp3) is 0.231. The molecule has 100 valence electrons. The molecule has 1 heterocycles. The molecule has 1 amide bonds. The number of hydrogen-bond donors (Lipinski definition) is 2. The lowest BCUT2D eigenvalue weighted by Crippen LogP contribution is -2.07. The van der Waals surface area contributed by atoms with E-state index in [0.29, 0.717) is 18.0 Å². The second-order valence-corrected chi connectivity index (χ2v) is 4.65. The Morgan fingerprint density at radius 2 is 2.32 bits per heavy atom. The molecule has 0 spiro atoms. The van der Waals surface area contributed by atoms with E-state index < -0.39 is 0 Å². The molecule has 1 aromatic heterocycles. The summed E-state index contributed by atoms with van der Waals surface area (Å²) in [4.78, 5) is 15.3. The third-order valence-electron chi connectivity index (χ3n) is 2.47. The van der Waals surface area contributed by atoms with Crippen molar-refractivity contribution in [1.82, 2.24) is 4.98 Å². The van der Waals surface area contributed by atoms with Gasteiger partial charge in [0.15, 0.2) is 0 Å². The average Bonchev–Trinajstić information content (AvgIpc) is 2.90. The zero-order valence-electron chi connectivity index (χ0n) is 10.8. The van der Waals surface area contributed by atoms with Crippen LogP contribution in [0.4, 0.5) is 11.4 Å². The number of benzene rings is 1. The Morgan fingerprint density at radius 1 is 1.47 bits per heavy atom. The van der Waals surface area contributed by atoms with Gasteiger partial charge in [0.2, 0.25) is 5.91 Å². The Morgan fingerprint density at radius 3 is 2.95 bits per heavy atom. The molecule has 0 fully saturated rings. The molecule has 2 N–H and O–H groups in total. The molecule has 0 saturated carbocycles. The van der Waals surface area contributed by atoms with Crippen LogP contribution in [0, 0.1) is 0 Å². The average molecular weight is 277 g/mol. The van der Waals surface area contributed by atoms with Crippen molar-refractivity contribution in [1.29, 1.82) is 0 Å². The lowest BCUT2D eigenvalue weighted by atomic mass is 10.2. The van der Waals surface area contributed by atoms with E-state index in [4.69, 9.17) is 4.74 Å². The van der Waals surface area contributed by atoms with Crippen LogP contribution < -0.4 is 15.4 Å². The summed E-state index contributed by atoms with van der Waals surface area (Å²) >= 11 is 1.57. The van der Waals surface area contributed by atoms with Gasteiger partial charge in [-0.05, 0) is 12.1 Å². The molecule has 0 aliphatic rings. The summed E-state index contributed by atoms with van der Waals surface area (Å²) in [5.41, 5.74) is 4.38. The summed E-state index contributed by atoms with van der Waals surface area (Å²) in [5, 5.41) is 7.97. The Kier molecular flexibility index (Phi) is 4.35. The molecule has 0 radical (unpaired) electrons. The Bertz CT molecular complexity index is 555. The fourth-order valence-electron chi connectivity index (χ4n) is 1.61. The van der Waals surface area contributed by atoms with Crippen LogP contribution in [0.25, 0.3) is 0 Å². The van der Waals surface area contributed by atoms with Gasteiger partial charge < -0.3 is 15.4 Å². The highest BCUT2D eigenvalue weighted by Crippen LogP contribution is 2.28. The summed E-state index contributed by atoms with van der Waals surface area (Å²) in [7, 11) is 1.57.